The molecule has 7 heavy (non-hydrogen) atoms. The van der Waals surface area contributed by atoms with E-state index in [9.17, 15) is 0 Å². The molecule has 1 fully saturated rings. The Bertz CT molecular complexity index is 66.5. The van der Waals surface area contributed by atoms with E-state index in [1.165, 1.54) is 5.06 Å². The van der Waals surface area contributed by atoms with Gasteiger partial charge in [-0.15, -0.1) is 0 Å². The van der Waals surface area contributed by atoms with Crippen LogP contribution in [-0.2, 0) is 0 Å². The first kappa shape index (κ1) is 5.06. The molecule has 0 saturated carbocycles. The van der Waals surface area contributed by atoms with Crippen LogP contribution in [0, 0.1) is 0 Å². The zero-order valence-electron chi connectivity index (χ0n) is 4.76. The minimum Gasteiger partial charge on any atom is -0.313 e. The predicted molar refractivity (Wildman–Crippen MR) is 27.2 cm³/mol. The second kappa shape index (κ2) is 1.46. The lowest BCUT2D eigenvalue weighted by Crippen LogP contribution is -1.90. The molecule has 1 aliphatic heterocycles. The summed E-state index contributed by atoms with van der Waals surface area (Å²) in [6.07, 6.45) is 1.07. The van der Waals surface area contributed by atoms with Gasteiger partial charge in [-0.3, -0.25) is 0 Å². The minimum atomic E-state index is 0.421. The van der Waals surface area contributed by atoms with E-state index in [0.717, 1.165) is 6.42 Å². The molecule has 0 spiro atoms. The van der Waals surface area contributed by atoms with Gasteiger partial charge < -0.3 is 5.21 Å². The number of rotatable bonds is 1. The van der Waals surface area contributed by atoms with Crippen molar-refractivity contribution in [3.63, 3.8) is 0 Å². The molecular formula is C5H11NO. The van der Waals surface area contributed by atoms with Gasteiger partial charge in [-0.1, -0.05) is 6.92 Å². The molecule has 3 atom stereocenters. The van der Waals surface area contributed by atoms with Gasteiger partial charge in [0.1, 0.15) is 0 Å². The van der Waals surface area contributed by atoms with Crippen molar-refractivity contribution >= 4 is 0 Å². The largest absolute Gasteiger partial charge is 0.313 e. The Morgan fingerprint density at radius 3 is 2.14 bits per heavy atom. The van der Waals surface area contributed by atoms with E-state index in [1.807, 2.05) is 6.92 Å². The van der Waals surface area contributed by atoms with Crippen LogP contribution >= 0.6 is 0 Å². The number of hydrogen-bond acceptors (Lipinski definition) is 2. The van der Waals surface area contributed by atoms with Gasteiger partial charge in [0, 0.05) is 0 Å². The van der Waals surface area contributed by atoms with Gasteiger partial charge in [0.2, 0.25) is 0 Å². The summed E-state index contributed by atoms with van der Waals surface area (Å²) < 4.78 is 0. The minimum absolute atomic E-state index is 0.421. The Kier molecular flexibility index (Phi) is 1.05. The Hall–Kier alpha value is -0.0800. The van der Waals surface area contributed by atoms with Crippen LogP contribution < -0.4 is 0 Å². The summed E-state index contributed by atoms with van der Waals surface area (Å²) >= 11 is 0. The molecule has 0 aromatic heterocycles. The first-order valence-corrected chi connectivity index (χ1v) is 2.74. The van der Waals surface area contributed by atoms with Crippen LogP contribution in [0.3, 0.4) is 0 Å². The average molecular weight is 101 g/mol. The maximum Gasteiger partial charge on any atom is 0.0527 e. The number of hydroxylamine groups is 2. The topological polar surface area (TPSA) is 23.2 Å². The second-order valence-electron chi connectivity index (χ2n) is 2.10. The fraction of sp³-hybridized carbons (Fsp3) is 1.00. The molecule has 1 rings (SSSR count). The summed E-state index contributed by atoms with van der Waals surface area (Å²) in [5, 5.41) is 10.1. The summed E-state index contributed by atoms with van der Waals surface area (Å²) in [5.41, 5.74) is 0. The van der Waals surface area contributed by atoms with E-state index < -0.39 is 0 Å². The van der Waals surface area contributed by atoms with Gasteiger partial charge >= 0.3 is 0 Å². The Balaban J connectivity index is 2.24. The molecule has 42 valence electrons. The smallest absolute Gasteiger partial charge is 0.0527 e. The van der Waals surface area contributed by atoms with Crippen LogP contribution in [0.15, 0.2) is 0 Å². The van der Waals surface area contributed by atoms with Gasteiger partial charge in [0.15, 0.2) is 0 Å². The molecule has 0 radical (unpaired) electrons. The van der Waals surface area contributed by atoms with Crippen molar-refractivity contribution in [1.29, 1.82) is 0 Å². The average Bonchev–Trinajstić information content (AvgIpc) is 2.17. The molecule has 2 heteroatoms. The lowest BCUT2D eigenvalue weighted by atomic mass is 10.3. The van der Waals surface area contributed by atoms with E-state index in [0.29, 0.717) is 12.1 Å². The molecule has 0 aromatic carbocycles. The summed E-state index contributed by atoms with van der Waals surface area (Å²) in [4.78, 5) is 0. The van der Waals surface area contributed by atoms with E-state index in [2.05, 4.69) is 6.92 Å². The molecule has 1 N–H and O–H groups in total. The number of hydrogen-bond donors (Lipinski definition) is 1. The van der Waals surface area contributed by atoms with Gasteiger partial charge in [0.25, 0.3) is 0 Å². The molecule has 0 amide bonds. The van der Waals surface area contributed by atoms with Crippen LogP contribution in [0.25, 0.3) is 0 Å². The van der Waals surface area contributed by atoms with E-state index >= 15 is 0 Å². The standard InChI is InChI=1S/C5H11NO/c1-3-5-4(2)6(5)7/h4-5,7H,3H2,1-2H3/t4-,5-,6?/m1/s1. The van der Waals surface area contributed by atoms with E-state index in [4.69, 9.17) is 5.21 Å². The van der Waals surface area contributed by atoms with Crippen molar-refractivity contribution in [3.05, 3.63) is 0 Å². The van der Waals surface area contributed by atoms with Gasteiger partial charge in [-0.2, -0.15) is 5.06 Å². The van der Waals surface area contributed by atoms with E-state index in [1.54, 1.807) is 0 Å². The molecule has 1 heterocycles. The molecular weight excluding hydrogens is 90.1 g/mol. The molecule has 0 aliphatic carbocycles. The third-order valence-corrected chi connectivity index (χ3v) is 1.64. The molecule has 2 nitrogen and oxygen atoms in total. The molecule has 1 aliphatic rings. The highest BCUT2D eigenvalue weighted by Gasteiger charge is 2.41. The fourth-order valence-electron chi connectivity index (χ4n) is 0.924. The SMILES string of the molecule is CC[C@@H]1[C@@H](C)N1O. The van der Waals surface area contributed by atoms with Crippen LogP contribution in [0.5, 0.6) is 0 Å². The summed E-state index contributed by atoms with van der Waals surface area (Å²) in [6, 6.07) is 0.880. The highest BCUT2D eigenvalue weighted by Crippen LogP contribution is 2.26. The van der Waals surface area contributed by atoms with Gasteiger partial charge in [-0.25, -0.2) is 0 Å². The maximum absolute atomic E-state index is 8.73. The number of nitrogens with zero attached hydrogens (tertiary/aromatic N) is 1. The highest BCUT2D eigenvalue weighted by atomic mass is 16.5. The Labute approximate surface area is 43.7 Å². The van der Waals surface area contributed by atoms with Crippen molar-refractivity contribution in [3.8, 4) is 0 Å². The van der Waals surface area contributed by atoms with Crippen molar-refractivity contribution in [2.24, 2.45) is 0 Å². The van der Waals surface area contributed by atoms with Crippen molar-refractivity contribution in [2.75, 3.05) is 0 Å². The van der Waals surface area contributed by atoms with Crippen molar-refractivity contribution in [2.45, 2.75) is 32.4 Å². The quantitative estimate of drug-likeness (QED) is 0.495. The highest BCUT2D eigenvalue weighted by molar-refractivity contribution is 4.90. The van der Waals surface area contributed by atoms with Crippen LogP contribution in [0.4, 0.5) is 0 Å². The van der Waals surface area contributed by atoms with Crippen LogP contribution in [0.2, 0.25) is 0 Å². The van der Waals surface area contributed by atoms with Crippen LogP contribution in [-0.4, -0.2) is 22.4 Å². The summed E-state index contributed by atoms with van der Waals surface area (Å²) in [5.74, 6) is 0. The molecule has 0 aromatic rings. The Morgan fingerprint density at radius 2 is 2.14 bits per heavy atom. The zero-order valence-corrected chi connectivity index (χ0v) is 4.76. The fourth-order valence-corrected chi connectivity index (χ4v) is 0.924. The third-order valence-electron chi connectivity index (χ3n) is 1.64. The predicted octanol–water partition coefficient (Wildman–Crippen LogP) is 0.858. The lowest BCUT2D eigenvalue weighted by Gasteiger charge is -1.81. The van der Waals surface area contributed by atoms with Crippen LogP contribution in [0.1, 0.15) is 20.3 Å². The summed E-state index contributed by atoms with van der Waals surface area (Å²) in [6.45, 7) is 4.10. The zero-order chi connectivity index (χ0) is 5.44. The maximum atomic E-state index is 8.73. The summed E-state index contributed by atoms with van der Waals surface area (Å²) in [7, 11) is 0. The van der Waals surface area contributed by atoms with Gasteiger partial charge in [-0.05, 0) is 13.3 Å². The van der Waals surface area contributed by atoms with E-state index in [-0.39, 0.29) is 0 Å². The lowest BCUT2D eigenvalue weighted by molar-refractivity contribution is 0.00700. The van der Waals surface area contributed by atoms with Gasteiger partial charge in [0.05, 0.1) is 12.1 Å². The molecule has 1 unspecified atom stereocenters. The molecule has 0 bridgehead atoms. The van der Waals surface area contributed by atoms with Crippen molar-refractivity contribution < 1.29 is 5.21 Å². The third kappa shape index (κ3) is 0.640. The molecule has 1 saturated heterocycles. The van der Waals surface area contributed by atoms with Crippen molar-refractivity contribution in [1.82, 2.24) is 5.06 Å². The normalized spacial score (nSPS) is 49.3. The first-order chi connectivity index (χ1) is 3.27. The second-order valence-corrected chi connectivity index (χ2v) is 2.10. The first-order valence-electron chi connectivity index (χ1n) is 2.74. The monoisotopic (exact) mass is 101 g/mol. The Morgan fingerprint density at radius 1 is 1.71 bits per heavy atom.